The van der Waals surface area contributed by atoms with Crippen molar-refractivity contribution in [1.82, 2.24) is 15.5 Å². The number of benzene rings is 1. The molecule has 3 rings (SSSR count). The van der Waals surface area contributed by atoms with Gasteiger partial charge in [0, 0.05) is 39.1 Å². The Kier molecular flexibility index (Phi) is 9.24. The van der Waals surface area contributed by atoms with Crippen molar-refractivity contribution in [3.63, 3.8) is 0 Å². The van der Waals surface area contributed by atoms with Gasteiger partial charge in [0.1, 0.15) is 0 Å². The summed E-state index contributed by atoms with van der Waals surface area (Å²) in [5.41, 5.74) is 2.16. The fourth-order valence-corrected chi connectivity index (χ4v) is 4.07. The van der Waals surface area contributed by atoms with Gasteiger partial charge in [-0.05, 0) is 43.2 Å². The minimum Gasteiger partial charge on any atom is -0.354 e. The Morgan fingerprint density at radius 1 is 1.20 bits per heavy atom. The molecule has 1 heterocycles. The lowest BCUT2D eigenvalue weighted by molar-refractivity contribution is -0.182. The summed E-state index contributed by atoms with van der Waals surface area (Å²) in [7, 11) is 1.66. The molecule has 0 atom stereocenters. The van der Waals surface area contributed by atoms with Crippen LogP contribution >= 0.6 is 24.0 Å². The van der Waals surface area contributed by atoms with Crippen molar-refractivity contribution >= 4 is 35.8 Å². The molecule has 1 amide bonds. The first-order chi connectivity index (χ1) is 13.8. The summed E-state index contributed by atoms with van der Waals surface area (Å²) in [6.07, 6.45) is -1.23. The van der Waals surface area contributed by atoms with Crippen molar-refractivity contribution in [2.75, 3.05) is 13.6 Å². The van der Waals surface area contributed by atoms with Crippen LogP contribution in [0.3, 0.4) is 0 Å². The third-order valence-electron chi connectivity index (χ3n) is 5.75. The molecule has 5 nitrogen and oxygen atoms in total. The van der Waals surface area contributed by atoms with Gasteiger partial charge in [0.2, 0.25) is 5.91 Å². The zero-order valence-electron chi connectivity index (χ0n) is 17.2. The highest BCUT2D eigenvalue weighted by Gasteiger charge is 2.41. The monoisotopic (exact) mass is 538 g/mol. The average molecular weight is 538 g/mol. The molecule has 1 saturated carbocycles. The van der Waals surface area contributed by atoms with E-state index in [9.17, 15) is 18.0 Å². The first kappa shape index (κ1) is 24.7. The zero-order chi connectivity index (χ0) is 20.9. The van der Waals surface area contributed by atoms with Gasteiger partial charge in [0.25, 0.3) is 0 Å². The van der Waals surface area contributed by atoms with Crippen molar-refractivity contribution in [3.05, 3.63) is 35.4 Å². The van der Waals surface area contributed by atoms with Crippen LogP contribution in [-0.2, 0) is 17.9 Å². The lowest BCUT2D eigenvalue weighted by Gasteiger charge is -2.31. The second-order valence-corrected chi connectivity index (χ2v) is 7.90. The minimum absolute atomic E-state index is 0. The van der Waals surface area contributed by atoms with Crippen LogP contribution < -0.4 is 10.6 Å². The molecule has 0 bridgehead atoms. The van der Waals surface area contributed by atoms with Crippen LogP contribution in [0, 0.1) is 5.92 Å². The van der Waals surface area contributed by atoms with Gasteiger partial charge in [-0.2, -0.15) is 13.2 Å². The molecule has 1 aliphatic heterocycles. The fourth-order valence-electron chi connectivity index (χ4n) is 4.07. The molecule has 30 heavy (non-hydrogen) atoms. The first-order valence-corrected chi connectivity index (χ1v) is 10.2. The van der Waals surface area contributed by atoms with E-state index in [4.69, 9.17) is 0 Å². The Morgan fingerprint density at radius 2 is 1.90 bits per heavy atom. The molecule has 1 aliphatic carbocycles. The summed E-state index contributed by atoms with van der Waals surface area (Å²) in [6.45, 7) is 2.00. The Balaban J connectivity index is 0.00000320. The van der Waals surface area contributed by atoms with E-state index in [1.54, 1.807) is 7.05 Å². The molecular weight excluding hydrogens is 508 g/mol. The van der Waals surface area contributed by atoms with Crippen molar-refractivity contribution in [1.29, 1.82) is 0 Å². The molecule has 0 radical (unpaired) electrons. The molecule has 1 saturated heterocycles. The van der Waals surface area contributed by atoms with Crippen LogP contribution in [0.15, 0.2) is 29.3 Å². The molecule has 2 N–H and O–H groups in total. The summed E-state index contributed by atoms with van der Waals surface area (Å²) in [6, 6.07) is 8.07. The maximum atomic E-state index is 12.8. The summed E-state index contributed by atoms with van der Waals surface area (Å²) < 4.78 is 38.4. The van der Waals surface area contributed by atoms with E-state index in [0.29, 0.717) is 38.3 Å². The highest BCUT2D eigenvalue weighted by atomic mass is 127. The Labute approximate surface area is 192 Å². The van der Waals surface area contributed by atoms with Gasteiger partial charge < -0.3 is 15.5 Å². The van der Waals surface area contributed by atoms with E-state index in [2.05, 4.69) is 21.7 Å². The molecule has 168 valence electrons. The largest absolute Gasteiger partial charge is 0.391 e. The highest BCUT2D eigenvalue weighted by Crippen LogP contribution is 2.37. The topological polar surface area (TPSA) is 56.7 Å². The number of halogens is 4. The first-order valence-electron chi connectivity index (χ1n) is 10.2. The number of guanidine groups is 1. The molecule has 2 aliphatic rings. The SMILES string of the molecule is CN=C(NCc1cccc(CN2CCCC2=O)c1)NC1CCC(C(F)(F)F)CC1.I. The van der Waals surface area contributed by atoms with Crippen LogP contribution in [0.2, 0.25) is 0 Å². The number of alkyl halides is 3. The molecular formula is C21H30F3IN4O. The maximum Gasteiger partial charge on any atom is 0.391 e. The van der Waals surface area contributed by atoms with Crippen LogP contribution in [0.25, 0.3) is 0 Å². The molecule has 0 aromatic heterocycles. The Hall–Kier alpha value is -1.52. The Morgan fingerprint density at radius 3 is 2.50 bits per heavy atom. The molecule has 2 fully saturated rings. The third-order valence-corrected chi connectivity index (χ3v) is 5.75. The predicted molar refractivity (Wildman–Crippen MR) is 122 cm³/mol. The van der Waals surface area contributed by atoms with Crippen molar-refractivity contribution in [2.24, 2.45) is 10.9 Å². The number of hydrogen-bond donors (Lipinski definition) is 2. The van der Waals surface area contributed by atoms with Gasteiger partial charge in [0.05, 0.1) is 5.92 Å². The fraction of sp³-hybridized carbons (Fsp3) is 0.619. The molecule has 1 aromatic rings. The second kappa shape index (κ2) is 11.2. The van der Waals surface area contributed by atoms with Crippen LogP contribution in [-0.4, -0.2) is 42.6 Å². The standard InChI is InChI=1S/C21H29F3N4O.HI/c1-25-20(27-18-9-7-17(8-10-18)21(22,23)24)26-13-15-4-2-5-16(12-15)14-28-11-3-6-19(28)29;/h2,4-5,12,17-18H,3,6-11,13-14H2,1H3,(H2,25,26,27);1H. The minimum atomic E-state index is -4.09. The van der Waals surface area contributed by atoms with E-state index in [1.807, 2.05) is 23.1 Å². The number of carbonyl (C=O) groups excluding carboxylic acids is 1. The number of hydrogen-bond acceptors (Lipinski definition) is 2. The number of nitrogens with zero attached hydrogens (tertiary/aromatic N) is 2. The smallest absolute Gasteiger partial charge is 0.354 e. The maximum absolute atomic E-state index is 12.8. The van der Waals surface area contributed by atoms with Gasteiger partial charge in [-0.1, -0.05) is 24.3 Å². The zero-order valence-corrected chi connectivity index (χ0v) is 19.5. The van der Waals surface area contributed by atoms with E-state index in [0.717, 1.165) is 24.1 Å². The van der Waals surface area contributed by atoms with Crippen molar-refractivity contribution < 1.29 is 18.0 Å². The van der Waals surface area contributed by atoms with Crippen LogP contribution in [0.4, 0.5) is 13.2 Å². The number of aliphatic imine (C=N–C) groups is 1. The average Bonchev–Trinajstić information content (AvgIpc) is 3.09. The number of amides is 1. The number of nitrogens with one attached hydrogen (secondary N) is 2. The van der Waals surface area contributed by atoms with E-state index in [1.165, 1.54) is 0 Å². The quantitative estimate of drug-likeness (QED) is 0.336. The van der Waals surface area contributed by atoms with Gasteiger partial charge in [-0.25, -0.2) is 0 Å². The number of rotatable bonds is 5. The lowest BCUT2D eigenvalue weighted by Crippen LogP contribution is -2.45. The lowest BCUT2D eigenvalue weighted by atomic mass is 9.85. The molecule has 0 spiro atoms. The van der Waals surface area contributed by atoms with Crippen LogP contribution in [0.5, 0.6) is 0 Å². The molecule has 9 heteroatoms. The van der Waals surface area contributed by atoms with Gasteiger partial charge in [0.15, 0.2) is 5.96 Å². The number of carbonyl (C=O) groups is 1. The number of likely N-dealkylation sites (tertiary alicyclic amines) is 1. The van der Waals surface area contributed by atoms with E-state index >= 15 is 0 Å². The summed E-state index contributed by atoms with van der Waals surface area (Å²) in [5, 5.41) is 6.49. The van der Waals surface area contributed by atoms with Crippen molar-refractivity contribution in [2.45, 2.75) is 63.8 Å². The van der Waals surface area contributed by atoms with Gasteiger partial charge >= 0.3 is 6.18 Å². The van der Waals surface area contributed by atoms with E-state index in [-0.39, 0.29) is 48.8 Å². The Bertz CT molecular complexity index is 733. The summed E-state index contributed by atoms with van der Waals surface area (Å²) in [5.74, 6) is -0.375. The van der Waals surface area contributed by atoms with E-state index < -0.39 is 12.1 Å². The molecule has 0 unspecified atom stereocenters. The second-order valence-electron chi connectivity index (χ2n) is 7.90. The van der Waals surface area contributed by atoms with Gasteiger partial charge in [-0.3, -0.25) is 9.79 Å². The highest BCUT2D eigenvalue weighted by molar-refractivity contribution is 14.0. The third kappa shape index (κ3) is 7.02. The normalized spacial score (nSPS) is 22.6. The van der Waals surface area contributed by atoms with Crippen molar-refractivity contribution in [3.8, 4) is 0 Å². The van der Waals surface area contributed by atoms with Crippen LogP contribution in [0.1, 0.15) is 49.7 Å². The predicted octanol–water partition coefficient (Wildman–Crippen LogP) is 4.21. The molecule has 1 aromatic carbocycles. The van der Waals surface area contributed by atoms with Gasteiger partial charge in [-0.15, -0.1) is 24.0 Å². The summed E-state index contributed by atoms with van der Waals surface area (Å²) >= 11 is 0. The summed E-state index contributed by atoms with van der Waals surface area (Å²) in [4.78, 5) is 17.9.